The number of benzene rings is 2. The molecule has 1 amide bonds. The lowest BCUT2D eigenvalue weighted by molar-refractivity contribution is 0.102. The Hall–Kier alpha value is -2.99. The van der Waals surface area contributed by atoms with E-state index in [-0.39, 0.29) is 17.9 Å². The molecule has 7 heteroatoms. The predicted molar refractivity (Wildman–Crippen MR) is 88.0 cm³/mol. The highest BCUT2D eigenvalue weighted by molar-refractivity contribution is 6.34. The summed E-state index contributed by atoms with van der Waals surface area (Å²) in [6.07, 6.45) is 0. The number of hydrogen-bond donors (Lipinski definition) is 1. The molecule has 1 aliphatic heterocycles. The maximum Gasteiger partial charge on any atom is 0.349 e. The van der Waals surface area contributed by atoms with Gasteiger partial charge < -0.3 is 19.2 Å². The van der Waals surface area contributed by atoms with Gasteiger partial charge in [0.25, 0.3) is 5.91 Å². The summed E-state index contributed by atoms with van der Waals surface area (Å²) in [5, 5.41) is 3.52. The van der Waals surface area contributed by atoms with Crippen LogP contribution in [0, 0.1) is 0 Å². The first-order chi connectivity index (χ1) is 11.6. The van der Waals surface area contributed by atoms with E-state index in [9.17, 15) is 9.59 Å². The number of hydrogen-bond acceptors (Lipinski definition) is 5. The first-order valence-electron chi connectivity index (χ1n) is 7.05. The van der Waals surface area contributed by atoms with E-state index in [1.165, 1.54) is 6.07 Å². The molecule has 0 radical (unpaired) electrons. The molecule has 1 N–H and O–H groups in total. The van der Waals surface area contributed by atoms with Crippen LogP contribution in [0.2, 0.25) is 5.02 Å². The van der Waals surface area contributed by atoms with E-state index in [1.807, 2.05) is 0 Å². The van der Waals surface area contributed by atoms with Crippen molar-refractivity contribution in [2.75, 3.05) is 12.1 Å². The van der Waals surface area contributed by atoms with E-state index >= 15 is 0 Å². The summed E-state index contributed by atoms with van der Waals surface area (Å²) >= 11 is 5.99. The fraction of sp³-hybridized carbons (Fsp3) is 0.0588. The molecule has 120 valence electrons. The summed E-state index contributed by atoms with van der Waals surface area (Å²) in [5.41, 5.74) is -0.130. The van der Waals surface area contributed by atoms with E-state index < -0.39 is 11.5 Å². The second kappa shape index (κ2) is 5.58. The zero-order valence-corrected chi connectivity index (χ0v) is 12.9. The molecule has 4 rings (SSSR count). The van der Waals surface area contributed by atoms with E-state index in [2.05, 4.69) is 5.32 Å². The number of amides is 1. The maximum absolute atomic E-state index is 12.4. The number of carbonyl (C=O) groups excluding carboxylic acids is 1. The molecule has 0 saturated carbocycles. The van der Waals surface area contributed by atoms with Crippen molar-refractivity contribution >= 4 is 34.2 Å². The highest BCUT2D eigenvalue weighted by Gasteiger charge is 2.17. The molecule has 2 heterocycles. The average molecular weight is 344 g/mol. The van der Waals surface area contributed by atoms with Crippen molar-refractivity contribution in [1.29, 1.82) is 0 Å². The maximum atomic E-state index is 12.4. The van der Waals surface area contributed by atoms with Crippen LogP contribution >= 0.6 is 11.6 Å². The van der Waals surface area contributed by atoms with Gasteiger partial charge in [0.1, 0.15) is 5.56 Å². The molecule has 3 aromatic rings. The van der Waals surface area contributed by atoms with E-state index in [0.717, 1.165) is 0 Å². The lowest BCUT2D eigenvalue weighted by Crippen LogP contribution is -2.20. The van der Waals surface area contributed by atoms with Crippen LogP contribution in [0.4, 0.5) is 5.69 Å². The van der Waals surface area contributed by atoms with Gasteiger partial charge >= 0.3 is 5.63 Å². The Morgan fingerprint density at radius 3 is 2.79 bits per heavy atom. The summed E-state index contributed by atoms with van der Waals surface area (Å²) in [6.45, 7) is 0.141. The molecule has 0 bridgehead atoms. The van der Waals surface area contributed by atoms with Gasteiger partial charge in [-0.3, -0.25) is 4.79 Å². The number of nitrogens with one attached hydrogen (secondary N) is 1. The molecule has 0 atom stereocenters. The molecule has 24 heavy (non-hydrogen) atoms. The summed E-state index contributed by atoms with van der Waals surface area (Å²) in [7, 11) is 0. The second-order valence-corrected chi connectivity index (χ2v) is 5.54. The van der Waals surface area contributed by atoms with Gasteiger partial charge in [0, 0.05) is 17.1 Å². The van der Waals surface area contributed by atoms with Gasteiger partial charge in [-0.15, -0.1) is 0 Å². The average Bonchev–Trinajstić information content (AvgIpc) is 3.03. The highest BCUT2D eigenvalue weighted by Crippen LogP contribution is 2.34. The number of carbonyl (C=O) groups is 1. The minimum absolute atomic E-state index is 0.109. The zero-order valence-electron chi connectivity index (χ0n) is 12.2. The van der Waals surface area contributed by atoms with Crippen molar-refractivity contribution in [2.24, 2.45) is 0 Å². The molecule has 1 aliphatic rings. The molecule has 2 aromatic carbocycles. The number of rotatable bonds is 2. The Kier molecular flexibility index (Phi) is 3.39. The Balaban J connectivity index is 1.68. The molecule has 1 aromatic heterocycles. The van der Waals surface area contributed by atoms with Gasteiger partial charge in [-0.05, 0) is 24.3 Å². The minimum Gasteiger partial charge on any atom is -0.454 e. The van der Waals surface area contributed by atoms with Crippen LogP contribution in [0.25, 0.3) is 11.0 Å². The summed E-state index contributed by atoms with van der Waals surface area (Å²) in [6, 6.07) is 11.4. The highest BCUT2D eigenvalue weighted by atomic mass is 35.5. The lowest BCUT2D eigenvalue weighted by atomic mass is 10.1. The Labute approximate surface area is 140 Å². The van der Waals surface area contributed by atoms with Gasteiger partial charge in [0.2, 0.25) is 6.79 Å². The number of fused-ring (bicyclic) bond motifs is 2. The van der Waals surface area contributed by atoms with Crippen molar-refractivity contribution in [2.45, 2.75) is 0 Å². The molecule has 0 fully saturated rings. The van der Waals surface area contributed by atoms with Gasteiger partial charge in [-0.1, -0.05) is 23.7 Å². The van der Waals surface area contributed by atoms with Crippen LogP contribution in [0.1, 0.15) is 10.4 Å². The number of para-hydroxylation sites is 1. The third kappa shape index (κ3) is 2.47. The largest absolute Gasteiger partial charge is 0.454 e. The summed E-state index contributed by atoms with van der Waals surface area (Å²) in [4.78, 5) is 24.5. The fourth-order valence-electron chi connectivity index (χ4n) is 2.44. The Bertz CT molecular complexity index is 1030. The van der Waals surface area contributed by atoms with Crippen LogP contribution in [0.15, 0.2) is 51.7 Å². The molecule has 0 unspecified atom stereocenters. The molecular formula is C17H10ClNO5. The second-order valence-electron chi connectivity index (χ2n) is 5.13. The SMILES string of the molecule is O=C(Nc1ccc2c(c1)OCO2)c1cc2cccc(Cl)c2oc1=O. The predicted octanol–water partition coefficient (Wildman–Crippen LogP) is 3.43. The Morgan fingerprint density at radius 2 is 1.92 bits per heavy atom. The topological polar surface area (TPSA) is 77.8 Å². The van der Waals surface area contributed by atoms with Crippen molar-refractivity contribution in [3.05, 3.63) is 63.5 Å². The van der Waals surface area contributed by atoms with Crippen LogP contribution in [0.3, 0.4) is 0 Å². The van der Waals surface area contributed by atoms with E-state index in [1.54, 1.807) is 36.4 Å². The lowest BCUT2D eigenvalue weighted by Gasteiger charge is -2.06. The van der Waals surface area contributed by atoms with Crippen molar-refractivity contribution in [3.8, 4) is 11.5 Å². The van der Waals surface area contributed by atoms with Crippen molar-refractivity contribution < 1.29 is 18.7 Å². The van der Waals surface area contributed by atoms with Gasteiger partial charge in [-0.2, -0.15) is 0 Å². The van der Waals surface area contributed by atoms with Crippen LogP contribution in [-0.2, 0) is 0 Å². The number of anilines is 1. The quantitative estimate of drug-likeness (QED) is 0.721. The Morgan fingerprint density at radius 1 is 1.08 bits per heavy atom. The first kappa shape index (κ1) is 14.6. The third-order valence-corrected chi connectivity index (χ3v) is 3.88. The number of halogens is 1. The first-order valence-corrected chi connectivity index (χ1v) is 7.43. The third-order valence-electron chi connectivity index (χ3n) is 3.59. The molecular weight excluding hydrogens is 334 g/mol. The van der Waals surface area contributed by atoms with E-state index in [0.29, 0.717) is 27.6 Å². The minimum atomic E-state index is -0.756. The van der Waals surface area contributed by atoms with Crippen molar-refractivity contribution in [3.63, 3.8) is 0 Å². The fourth-order valence-corrected chi connectivity index (χ4v) is 2.66. The van der Waals surface area contributed by atoms with Gasteiger partial charge in [0.15, 0.2) is 17.1 Å². The molecule has 6 nitrogen and oxygen atoms in total. The standard InChI is InChI=1S/C17H10ClNO5/c18-12-3-1-2-9-6-11(17(21)24-15(9)12)16(20)19-10-4-5-13-14(7-10)23-8-22-13/h1-7H,8H2,(H,19,20). The van der Waals surface area contributed by atoms with Crippen molar-refractivity contribution in [1.82, 2.24) is 0 Å². The van der Waals surface area contributed by atoms with Crippen LogP contribution in [0.5, 0.6) is 11.5 Å². The van der Waals surface area contributed by atoms with E-state index in [4.69, 9.17) is 25.5 Å². The zero-order chi connectivity index (χ0) is 16.7. The molecule has 0 aliphatic carbocycles. The van der Waals surface area contributed by atoms with Crippen LogP contribution < -0.4 is 20.4 Å². The monoisotopic (exact) mass is 343 g/mol. The molecule has 0 saturated heterocycles. The van der Waals surface area contributed by atoms with Crippen LogP contribution in [-0.4, -0.2) is 12.7 Å². The smallest absolute Gasteiger partial charge is 0.349 e. The number of ether oxygens (including phenoxy) is 2. The van der Waals surface area contributed by atoms with Gasteiger partial charge in [0.05, 0.1) is 5.02 Å². The normalized spacial score (nSPS) is 12.4. The molecule has 0 spiro atoms. The van der Waals surface area contributed by atoms with Gasteiger partial charge in [-0.25, -0.2) is 4.79 Å². The summed E-state index contributed by atoms with van der Waals surface area (Å²) in [5.74, 6) is 0.558. The summed E-state index contributed by atoms with van der Waals surface area (Å²) < 4.78 is 15.6.